The van der Waals surface area contributed by atoms with E-state index < -0.39 is 0 Å². The van der Waals surface area contributed by atoms with Crippen LogP contribution in [0, 0.1) is 0 Å². The maximum absolute atomic E-state index is 13.0. The van der Waals surface area contributed by atoms with E-state index in [1.165, 1.54) is 11.3 Å². The molecule has 2 aromatic carbocycles. The lowest BCUT2D eigenvalue weighted by Crippen LogP contribution is -2.40. The Morgan fingerprint density at radius 2 is 1.95 bits per heavy atom. The summed E-state index contributed by atoms with van der Waals surface area (Å²) in [4.78, 5) is 32.0. The van der Waals surface area contributed by atoms with Crippen LogP contribution < -0.4 is 19.9 Å². The number of aromatic nitrogens is 3. The van der Waals surface area contributed by atoms with Gasteiger partial charge in [0.2, 0.25) is 11.9 Å². The van der Waals surface area contributed by atoms with Crippen LogP contribution in [0.15, 0.2) is 48.7 Å². The Labute approximate surface area is 216 Å². The van der Waals surface area contributed by atoms with Crippen molar-refractivity contribution in [2.45, 2.75) is 19.3 Å². The second-order valence-electron chi connectivity index (χ2n) is 9.83. The molecule has 9 nitrogen and oxygen atoms in total. The van der Waals surface area contributed by atoms with Crippen molar-refractivity contribution in [3.63, 3.8) is 0 Å². The first-order valence-corrected chi connectivity index (χ1v) is 12.7. The van der Waals surface area contributed by atoms with Crippen LogP contribution in [0.1, 0.15) is 17.5 Å². The highest BCUT2D eigenvalue weighted by molar-refractivity contribution is 5.97. The number of aromatic amines is 1. The Hall–Kier alpha value is -4.11. The normalized spacial score (nSPS) is 14.7. The monoisotopic (exact) mass is 497 g/mol. The van der Waals surface area contributed by atoms with Gasteiger partial charge in [-0.25, -0.2) is 0 Å². The van der Waals surface area contributed by atoms with Crippen molar-refractivity contribution in [1.29, 1.82) is 0 Å². The van der Waals surface area contributed by atoms with Crippen LogP contribution in [0.25, 0.3) is 11.0 Å². The summed E-state index contributed by atoms with van der Waals surface area (Å²) in [7, 11) is 5.48. The molecule has 2 aromatic heterocycles. The van der Waals surface area contributed by atoms with Crippen molar-refractivity contribution in [3.05, 3.63) is 59.8 Å². The third-order valence-corrected chi connectivity index (χ3v) is 7.06. The van der Waals surface area contributed by atoms with Gasteiger partial charge in [-0.1, -0.05) is 18.2 Å². The van der Waals surface area contributed by atoms with E-state index in [9.17, 15) is 4.79 Å². The molecular weight excluding hydrogens is 466 g/mol. The molecular formula is C28H31N7O2. The van der Waals surface area contributed by atoms with Gasteiger partial charge in [-0.05, 0) is 68.8 Å². The first kappa shape index (κ1) is 23.3. The van der Waals surface area contributed by atoms with Crippen LogP contribution >= 0.6 is 0 Å². The molecule has 37 heavy (non-hydrogen) atoms. The number of carbonyl (C=O) groups excluding carboxylic acids is 1. The number of amides is 1. The van der Waals surface area contributed by atoms with E-state index in [0.29, 0.717) is 24.8 Å². The highest BCUT2D eigenvalue weighted by Crippen LogP contribution is 2.40. The summed E-state index contributed by atoms with van der Waals surface area (Å²) in [6.45, 7) is 1.93. The molecule has 2 N–H and O–H groups in total. The van der Waals surface area contributed by atoms with E-state index in [2.05, 4.69) is 39.5 Å². The van der Waals surface area contributed by atoms with Crippen molar-refractivity contribution >= 4 is 45.8 Å². The number of methoxy groups -OCH3 is 1. The Kier molecular flexibility index (Phi) is 5.92. The van der Waals surface area contributed by atoms with Crippen molar-refractivity contribution in [2.75, 3.05) is 56.0 Å². The molecule has 0 aliphatic carbocycles. The molecule has 1 amide bonds. The summed E-state index contributed by atoms with van der Waals surface area (Å²) < 4.78 is 5.74. The average molecular weight is 498 g/mol. The molecule has 0 unspecified atom stereocenters. The van der Waals surface area contributed by atoms with Gasteiger partial charge in [0.15, 0.2) is 0 Å². The van der Waals surface area contributed by atoms with E-state index in [0.717, 1.165) is 59.6 Å². The molecule has 2 aliphatic heterocycles. The van der Waals surface area contributed by atoms with Gasteiger partial charge in [0, 0.05) is 30.7 Å². The van der Waals surface area contributed by atoms with Crippen molar-refractivity contribution < 1.29 is 9.53 Å². The zero-order chi connectivity index (χ0) is 25.5. The lowest BCUT2D eigenvalue weighted by atomic mass is 10.00. The summed E-state index contributed by atoms with van der Waals surface area (Å²) in [5.41, 5.74) is 6.00. The number of likely N-dealkylation sites (N-methyl/N-ethyl adjacent to an activating group) is 1. The highest BCUT2D eigenvalue weighted by atomic mass is 16.5. The van der Waals surface area contributed by atoms with Gasteiger partial charge in [0.25, 0.3) is 0 Å². The molecule has 2 aliphatic rings. The molecule has 0 fully saturated rings. The SMILES string of the molecule is COc1cc2c(cc1Nc1nc(N3CCc4ccccc43)c3cc[nH]c3n1)N(C(=O)CN(C)C)CCC2. The van der Waals surface area contributed by atoms with Gasteiger partial charge in [-0.15, -0.1) is 0 Å². The summed E-state index contributed by atoms with van der Waals surface area (Å²) in [5, 5.41) is 4.37. The van der Waals surface area contributed by atoms with Gasteiger partial charge in [0.05, 0.1) is 24.7 Å². The Morgan fingerprint density at radius 3 is 2.78 bits per heavy atom. The first-order valence-electron chi connectivity index (χ1n) is 12.7. The number of H-pyrrole nitrogens is 1. The molecule has 9 heteroatoms. The quantitative estimate of drug-likeness (QED) is 0.412. The van der Waals surface area contributed by atoms with Gasteiger partial charge >= 0.3 is 0 Å². The summed E-state index contributed by atoms with van der Waals surface area (Å²) in [5.74, 6) is 2.11. The second kappa shape index (κ2) is 9.40. The van der Waals surface area contributed by atoms with Crippen molar-refractivity contribution in [1.82, 2.24) is 19.9 Å². The maximum atomic E-state index is 13.0. The lowest BCUT2D eigenvalue weighted by Gasteiger charge is -2.31. The van der Waals surface area contributed by atoms with Gasteiger partial charge < -0.3 is 29.7 Å². The molecule has 190 valence electrons. The maximum Gasteiger partial charge on any atom is 0.241 e. The second-order valence-corrected chi connectivity index (χ2v) is 9.83. The van der Waals surface area contributed by atoms with E-state index in [1.54, 1.807) is 7.11 Å². The molecule has 0 atom stereocenters. The smallest absolute Gasteiger partial charge is 0.241 e. The fourth-order valence-corrected chi connectivity index (χ4v) is 5.36. The molecule has 0 spiro atoms. The van der Waals surface area contributed by atoms with Crippen LogP contribution in [-0.2, 0) is 17.6 Å². The number of benzene rings is 2. The third kappa shape index (κ3) is 4.25. The minimum absolute atomic E-state index is 0.0844. The Bertz CT molecular complexity index is 1480. The largest absolute Gasteiger partial charge is 0.495 e. The van der Waals surface area contributed by atoms with Crippen LogP contribution in [0.2, 0.25) is 0 Å². The van der Waals surface area contributed by atoms with Crippen molar-refractivity contribution in [2.24, 2.45) is 0 Å². The van der Waals surface area contributed by atoms with Crippen LogP contribution in [0.4, 0.5) is 28.8 Å². The van der Waals surface area contributed by atoms with Crippen LogP contribution in [0.5, 0.6) is 5.75 Å². The van der Waals surface area contributed by atoms with Gasteiger partial charge in [0.1, 0.15) is 17.2 Å². The lowest BCUT2D eigenvalue weighted by molar-refractivity contribution is -0.119. The number of fused-ring (bicyclic) bond motifs is 3. The molecule has 0 saturated heterocycles. The first-order chi connectivity index (χ1) is 18.0. The molecule has 4 heterocycles. The minimum Gasteiger partial charge on any atom is -0.495 e. The molecule has 0 saturated carbocycles. The number of carbonyl (C=O) groups is 1. The van der Waals surface area contributed by atoms with E-state index in [-0.39, 0.29) is 5.91 Å². The molecule has 0 bridgehead atoms. The van der Waals surface area contributed by atoms with E-state index in [1.807, 2.05) is 48.3 Å². The number of hydrogen-bond donors (Lipinski definition) is 2. The minimum atomic E-state index is 0.0844. The predicted octanol–water partition coefficient (Wildman–Crippen LogP) is 4.25. The fourth-order valence-electron chi connectivity index (χ4n) is 5.36. The molecule has 6 rings (SSSR count). The molecule has 0 radical (unpaired) electrons. The zero-order valence-corrected chi connectivity index (χ0v) is 21.4. The number of aryl methyl sites for hydroxylation is 1. The fraction of sp³-hybridized carbons (Fsp3) is 0.321. The van der Waals surface area contributed by atoms with Crippen molar-refractivity contribution in [3.8, 4) is 5.75 Å². The van der Waals surface area contributed by atoms with Gasteiger partial charge in [-0.2, -0.15) is 9.97 Å². The van der Waals surface area contributed by atoms with E-state index in [4.69, 9.17) is 14.7 Å². The number of nitrogens with zero attached hydrogens (tertiary/aromatic N) is 5. The summed E-state index contributed by atoms with van der Waals surface area (Å²) in [6, 6.07) is 14.5. The molecule has 4 aromatic rings. The topological polar surface area (TPSA) is 89.6 Å². The Balaban J connectivity index is 1.39. The number of nitrogens with one attached hydrogen (secondary N) is 2. The number of hydrogen-bond acceptors (Lipinski definition) is 7. The number of para-hydroxylation sites is 1. The standard InChI is InChI=1S/C28H31N7O2/c1-33(2)17-25(36)34-13-6-8-19-15-24(37-3)21(16-23(19)34)30-28-31-26-20(10-12-29-26)27(32-28)35-14-11-18-7-4-5-9-22(18)35/h4-5,7,9-10,12,15-16H,6,8,11,13-14,17H2,1-3H3,(H2,29,30,31,32). The average Bonchev–Trinajstić information content (AvgIpc) is 3.54. The predicted molar refractivity (Wildman–Crippen MR) is 147 cm³/mol. The summed E-state index contributed by atoms with van der Waals surface area (Å²) >= 11 is 0. The zero-order valence-electron chi connectivity index (χ0n) is 21.4. The summed E-state index contributed by atoms with van der Waals surface area (Å²) in [6.07, 6.45) is 4.70. The van der Waals surface area contributed by atoms with E-state index >= 15 is 0 Å². The third-order valence-electron chi connectivity index (χ3n) is 7.06. The highest BCUT2D eigenvalue weighted by Gasteiger charge is 2.27. The Morgan fingerprint density at radius 1 is 1.08 bits per heavy atom. The number of rotatable bonds is 6. The van der Waals surface area contributed by atoms with Crippen LogP contribution in [0.3, 0.4) is 0 Å². The van der Waals surface area contributed by atoms with Crippen LogP contribution in [-0.4, -0.2) is 66.6 Å². The van der Waals surface area contributed by atoms with Gasteiger partial charge in [-0.3, -0.25) is 4.79 Å². The number of anilines is 5. The number of ether oxygens (including phenoxy) is 1.